The highest BCUT2D eigenvalue weighted by Gasteiger charge is 2.26. The number of hydrogen-bond donors (Lipinski definition) is 0. The standard InChI is InChI=1S/C15H13NO3S/c1-18-10-7-14(20-9-10)15(17)12(8-16)11-5-3-4-6-13(11)19-2/h3-7,9,12H,1-2H3. The van der Waals surface area contributed by atoms with E-state index in [0.717, 1.165) is 0 Å². The molecular weight excluding hydrogens is 274 g/mol. The molecule has 0 N–H and O–H groups in total. The van der Waals surface area contributed by atoms with Gasteiger partial charge in [-0.3, -0.25) is 4.79 Å². The van der Waals surface area contributed by atoms with Crippen molar-refractivity contribution in [1.29, 1.82) is 5.26 Å². The summed E-state index contributed by atoms with van der Waals surface area (Å²) in [7, 11) is 3.06. The van der Waals surface area contributed by atoms with E-state index >= 15 is 0 Å². The van der Waals surface area contributed by atoms with Crippen LogP contribution in [0.5, 0.6) is 11.5 Å². The molecule has 1 atom stereocenters. The van der Waals surface area contributed by atoms with Crippen molar-refractivity contribution in [1.82, 2.24) is 0 Å². The van der Waals surface area contributed by atoms with Gasteiger partial charge in [-0.15, -0.1) is 11.3 Å². The average Bonchev–Trinajstić information content (AvgIpc) is 2.97. The lowest BCUT2D eigenvalue weighted by molar-refractivity contribution is 0.0981. The molecule has 0 radical (unpaired) electrons. The maximum atomic E-state index is 12.5. The number of benzene rings is 1. The van der Waals surface area contributed by atoms with Crippen molar-refractivity contribution in [3.05, 3.63) is 46.2 Å². The normalized spacial score (nSPS) is 11.4. The Kier molecular flexibility index (Phi) is 4.38. The molecule has 5 heteroatoms. The number of carbonyl (C=O) groups is 1. The summed E-state index contributed by atoms with van der Waals surface area (Å²) < 4.78 is 10.3. The molecule has 0 aliphatic carbocycles. The number of methoxy groups -OCH3 is 2. The lowest BCUT2D eigenvalue weighted by atomic mass is 9.94. The fourth-order valence-corrected chi connectivity index (χ4v) is 2.70. The van der Waals surface area contributed by atoms with E-state index in [2.05, 4.69) is 6.07 Å². The van der Waals surface area contributed by atoms with E-state index in [1.54, 1.807) is 35.7 Å². The van der Waals surface area contributed by atoms with Gasteiger partial charge in [0.05, 0.1) is 25.2 Å². The SMILES string of the molecule is COc1csc(C(=O)C(C#N)c2ccccc2OC)c1. The van der Waals surface area contributed by atoms with Gasteiger partial charge in [-0.25, -0.2) is 0 Å². The van der Waals surface area contributed by atoms with Crippen molar-refractivity contribution >= 4 is 17.1 Å². The second-order valence-corrected chi connectivity index (χ2v) is 4.93. The van der Waals surface area contributed by atoms with Gasteiger partial charge in [0, 0.05) is 17.0 Å². The molecule has 20 heavy (non-hydrogen) atoms. The summed E-state index contributed by atoms with van der Waals surface area (Å²) in [5.41, 5.74) is 0.579. The molecule has 102 valence electrons. The van der Waals surface area contributed by atoms with Crippen LogP contribution in [-0.2, 0) is 0 Å². The number of ketones is 1. The fourth-order valence-electron chi connectivity index (χ4n) is 1.87. The number of nitrogens with zero attached hydrogens (tertiary/aromatic N) is 1. The quantitative estimate of drug-likeness (QED) is 0.792. The van der Waals surface area contributed by atoms with Crippen LogP contribution >= 0.6 is 11.3 Å². The van der Waals surface area contributed by atoms with Gasteiger partial charge < -0.3 is 9.47 Å². The summed E-state index contributed by atoms with van der Waals surface area (Å²) >= 11 is 1.27. The molecule has 0 saturated carbocycles. The number of hydrogen-bond acceptors (Lipinski definition) is 5. The summed E-state index contributed by atoms with van der Waals surface area (Å²) in [6.07, 6.45) is 0. The second-order valence-electron chi connectivity index (χ2n) is 4.02. The zero-order valence-electron chi connectivity index (χ0n) is 11.1. The van der Waals surface area contributed by atoms with Crippen molar-refractivity contribution < 1.29 is 14.3 Å². The molecular formula is C15H13NO3S. The minimum atomic E-state index is -0.880. The monoisotopic (exact) mass is 287 g/mol. The zero-order valence-corrected chi connectivity index (χ0v) is 11.9. The topological polar surface area (TPSA) is 59.3 Å². The van der Waals surface area contributed by atoms with E-state index in [0.29, 0.717) is 21.9 Å². The van der Waals surface area contributed by atoms with Gasteiger partial charge in [0.25, 0.3) is 0 Å². The molecule has 1 aromatic carbocycles. The Morgan fingerprint density at radius 2 is 2.05 bits per heavy atom. The Balaban J connectivity index is 2.37. The van der Waals surface area contributed by atoms with Crippen LogP contribution in [0.25, 0.3) is 0 Å². The third-order valence-electron chi connectivity index (χ3n) is 2.90. The fraction of sp³-hybridized carbons (Fsp3) is 0.200. The van der Waals surface area contributed by atoms with Crippen LogP contribution in [0.2, 0.25) is 0 Å². The third kappa shape index (κ3) is 2.65. The summed E-state index contributed by atoms with van der Waals surface area (Å²) in [6, 6.07) is 10.8. The maximum Gasteiger partial charge on any atom is 0.194 e. The molecule has 0 fully saturated rings. The molecule has 0 bridgehead atoms. The smallest absolute Gasteiger partial charge is 0.194 e. The van der Waals surface area contributed by atoms with Gasteiger partial charge in [0.15, 0.2) is 5.78 Å². The van der Waals surface area contributed by atoms with Gasteiger partial charge in [-0.1, -0.05) is 18.2 Å². The van der Waals surface area contributed by atoms with E-state index in [4.69, 9.17) is 9.47 Å². The number of carbonyl (C=O) groups excluding carboxylic acids is 1. The van der Waals surface area contributed by atoms with Crippen molar-refractivity contribution in [2.45, 2.75) is 5.92 Å². The van der Waals surface area contributed by atoms with E-state index in [9.17, 15) is 10.1 Å². The van der Waals surface area contributed by atoms with E-state index in [-0.39, 0.29) is 5.78 Å². The Morgan fingerprint density at radius 1 is 1.30 bits per heavy atom. The van der Waals surface area contributed by atoms with Crippen LogP contribution in [0.15, 0.2) is 35.7 Å². The minimum Gasteiger partial charge on any atom is -0.496 e. The van der Waals surface area contributed by atoms with Gasteiger partial charge in [-0.2, -0.15) is 5.26 Å². The highest BCUT2D eigenvalue weighted by Crippen LogP contribution is 2.31. The number of ether oxygens (including phenoxy) is 2. The number of nitriles is 1. The lowest BCUT2D eigenvalue weighted by Crippen LogP contribution is -2.11. The number of para-hydroxylation sites is 1. The average molecular weight is 287 g/mol. The molecule has 1 aromatic heterocycles. The summed E-state index contributed by atoms with van der Waals surface area (Å²) in [5.74, 6) is 0.0331. The number of rotatable bonds is 5. The summed E-state index contributed by atoms with van der Waals surface area (Å²) in [6.45, 7) is 0. The van der Waals surface area contributed by atoms with Gasteiger partial charge >= 0.3 is 0 Å². The van der Waals surface area contributed by atoms with E-state index in [1.165, 1.54) is 25.6 Å². The van der Waals surface area contributed by atoms with Gasteiger partial charge in [0.2, 0.25) is 0 Å². The molecule has 0 amide bonds. The zero-order chi connectivity index (χ0) is 14.5. The van der Waals surface area contributed by atoms with Crippen LogP contribution in [0, 0.1) is 11.3 Å². The molecule has 0 saturated heterocycles. The molecule has 1 heterocycles. The van der Waals surface area contributed by atoms with Crippen molar-refractivity contribution in [2.75, 3.05) is 14.2 Å². The van der Waals surface area contributed by atoms with E-state index < -0.39 is 5.92 Å². The molecule has 0 spiro atoms. The van der Waals surface area contributed by atoms with Crippen molar-refractivity contribution in [2.24, 2.45) is 0 Å². The first kappa shape index (κ1) is 14.1. The first-order valence-corrected chi connectivity index (χ1v) is 6.78. The Labute approximate surface area is 121 Å². The van der Waals surface area contributed by atoms with Gasteiger partial charge in [0.1, 0.15) is 17.4 Å². The maximum absolute atomic E-state index is 12.5. The lowest BCUT2D eigenvalue weighted by Gasteiger charge is -2.11. The molecule has 4 nitrogen and oxygen atoms in total. The molecule has 1 unspecified atom stereocenters. The highest BCUT2D eigenvalue weighted by molar-refractivity contribution is 7.12. The second kappa shape index (κ2) is 6.22. The van der Waals surface area contributed by atoms with Crippen LogP contribution in [0.1, 0.15) is 21.2 Å². The minimum absolute atomic E-state index is 0.245. The molecule has 0 aliphatic rings. The van der Waals surface area contributed by atoms with E-state index in [1.807, 2.05) is 0 Å². The van der Waals surface area contributed by atoms with Gasteiger partial charge in [-0.05, 0) is 6.07 Å². The Morgan fingerprint density at radius 3 is 2.65 bits per heavy atom. The number of thiophene rings is 1. The Bertz CT molecular complexity index is 657. The predicted octanol–water partition coefficient (Wildman–Crippen LogP) is 3.26. The summed E-state index contributed by atoms with van der Waals surface area (Å²) in [4.78, 5) is 12.9. The van der Waals surface area contributed by atoms with Crippen molar-refractivity contribution in [3.63, 3.8) is 0 Å². The highest BCUT2D eigenvalue weighted by atomic mass is 32.1. The number of Topliss-reactive ketones (excluding diaryl/α,β-unsaturated/α-hetero) is 1. The Hall–Kier alpha value is -2.32. The van der Waals surface area contributed by atoms with Crippen LogP contribution in [0.3, 0.4) is 0 Å². The largest absolute Gasteiger partial charge is 0.496 e. The van der Waals surface area contributed by atoms with Crippen molar-refractivity contribution in [3.8, 4) is 17.6 Å². The summed E-state index contributed by atoms with van der Waals surface area (Å²) in [5, 5.41) is 11.1. The predicted molar refractivity (Wildman–Crippen MR) is 76.5 cm³/mol. The van der Waals surface area contributed by atoms with Crippen LogP contribution < -0.4 is 9.47 Å². The molecule has 2 aromatic rings. The molecule has 2 rings (SSSR count). The first-order valence-electron chi connectivity index (χ1n) is 5.90. The third-order valence-corrected chi connectivity index (χ3v) is 3.82. The van der Waals surface area contributed by atoms with Crippen LogP contribution in [-0.4, -0.2) is 20.0 Å². The molecule has 0 aliphatic heterocycles. The first-order chi connectivity index (χ1) is 9.71. The van der Waals surface area contributed by atoms with Crippen LogP contribution in [0.4, 0.5) is 0 Å².